The Hall–Kier alpha value is -5.16. The Morgan fingerprint density at radius 3 is 2.53 bits per heavy atom. The van der Waals surface area contributed by atoms with Gasteiger partial charge in [-0.3, -0.25) is 19.0 Å². The van der Waals surface area contributed by atoms with Gasteiger partial charge in [0.05, 0.1) is 35.6 Å². The lowest BCUT2D eigenvalue weighted by Crippen LogP contribution is -2.40. The highest BCUT2D eigenvalue weighted by Crippen LogP contribution is 2.33. The van der Waals surface area contributed by atoms with Crippen LogP contribution in [0.1, 0.15) is 43.9 Å². The maximum absolute atomic E-state index is 14.2. The molecule has 1 atom stereocenters. The lowest BCUT2D eigenvalue weighted by molar-refractivity contribution is -0.132. The van der Waals surface area contributed by atoms with Crippen molar-refractivity contribution in [1.82, 2.24) is 9.47 Å². The molecule has 242 valence electrons. The quantitative estimate of drug-likeness (QED) is 0.274. The van der Waals surface area contributed by atoms with E-state index in [2.05, 4.69) is 5.32 Å². The van der Waals surface area contributed by atoms with Crippen molar-refractivity contribution in [3.63, 3.8) is 0 Å². The van der Waals surface area contributed by atoms with E-state index in [0.29, 0.717) is 61.3 Å². The maximum Gasteiger partial charge on any atom is 0.271 e. The van der Waals surface area contributed by atoms with Crippen LogP contribution in [0.25, 0.3) is 6.08 Å². The van der Waals surface area contributed by atoms with Gasteiger partial charge in [-0.05, 0) is 80.3 Å². The van der Waals surface area contributed by atoms with Crippen LogP contribution >= 0.6 is 11.3 Å². The second-order valence-corrected chi connectivity index (χ2v) is 12.2. The van der Waals surface area contributed by atoms with Gasteiger partial charge in [-0.2, -0.15) is 0 Å². The standard InChI is InChI=1S/C36H36N4O6S/c1-4-45-29-19-24(15-16-28(29)46-22-31(41)39-17-8-9-18-39)20-30-35(43)40-33(25-11-10-14-27(21-25)44-3)32(23(2)37-36(40)47-30)34(42)38-26-12-6-5-7-13-26/h5-7,10-16,19-21,33H,4,8-9,17-18,22H2,1-3H3,(H,38,42)/b30-20+/t33-/m1/s1. The van der Waals surface area contributed by atoms with Gasteiger partial charge in [0.2, 0.25) is 0 Å². The van der Waals surface area contributed by atoms with Gasteiger partial charge in [0.25, 0.3) is 17.4 Å². The number of carbonyl (C=O) groups is 2. The third kappa shape index (κ3) is 6.85. The first-order valence-corrected chi connectivity index (χ1v) is 16.4. The average Bonchev–Trinajstić information content (AvgIpc) is 3.73. The van der Waals surface area contributed by atoms with Crippen molar-refractivity contribution in [3.8, 4) is 17.2 Å². The Morgan fingerprint density at radius 2 is 1.79 bits per heavy atom. The summed E-state index contributed by atoms with van der Waals surface area (Å²) in [6.07, 6.45) is 3.80. The number of hydrogen-bond donors (Lipinski definition) is 1. The molecule has 11 heteroatoms. The fourth-order valence-corrected chi connectivity index (χ4v) is 6.86. The number of thiazole rings is 1. The van der Waals surface area contributed by atoms with E-state index in [4.69, 9.17) is 19.2 Å². The SMILES string of the molecule is CCOc1cc(/C=c2/sc3n(c2=O)[C@H](c2cccc(OC)c2)C(C(=O)Nc2ccccc2)=C(C)N=3)ccc1OCC(=O)N1CCCC1. The summed E-state index contributed by atoms with van der Waals surface area (Å²) < 4.78 is 19.2. The number of rotatable bonds is 10. The zero-order valence-electron chi connectivity index (χ0n) is 26.5. The van der Waals surface area contributed by atoms with Crippen molar-refractivity contribution in [1.29, 1.82) is 0 Å². The number of ether oxygens (including phenoxy) is 3. The number of allylic oxidation sites excluding steroid dienone is 1. The molecule has 3 aromatic carbocycles. The topological polar surface area (TPSA) is 111 Å². The molecule has 0 spiro atoms. The summed E-state index contributed by atoms with van der Waals surface area (Å²) in [5.41, 5.74) is 2.67. The fraction of sp³-hybridized carbons (Fsp3) is 0.278. The molecular formula is C36H36N4O6S. The summed E-state index contributed by atoms with van der Waals surface area (Å²) >= 11 is 1.25. The van der Waals surface area contributed by atoms with Crippen LogP contribution in [0.3, 0.4) is 0 Å². The molecule has 2 aliphatic heterocycles. The van der Waals surface area contributed by atoms with Gasteiger partial charge in [-0.15, -0.1) is 0 Å². The van der Waals surface area contributed by atoms with Gasteiger partial charge in [-0.25, -0.2) is 4.99 Å². The van der Waals surface area contributed by atoms with Gasteiger partial charge >= 0.3 is 0 Å². The van der Waals surface area contributed by atoms with Gasteiger partial charge in [0, 0.05) is 18.8 Å². The van der Waals surface area contributed by atoms with E-state index in [0.717, 1.165) is 25.9 Å². The number of methoxy groups -OCH3 is 1. The smallest absolute Gasteiger partial charge is 0.271 e. The molecule has 10 nitrogen and oxygen atoms in total. The molecule has 1 N–H and O–H groups in total. The van der Waals surface area contributed by atoms with Crippen LogP contribution in [-0.4, -0.2) is 54.7 Å². The summed E-state index contributed by atoms with van der Waals surface area (Å²) in [4.78, 5) is 47.5. The zero-order chi connectivity index (χ0) is 32.9. The molecule has 4 aromatic rings. The third-order valence-electron chi connectivity index (χ3n) is 8.08. The normalized spacial score (nSPS) is 16.0. The highest BCUT2D eigenvalue weighted by Gasteiger charge is 2.33. The minimum Gasteiger partial charge on any atom is -0.497 e. The molecule has 0 bridgehead atoms. The Balaban J connectivity index is 1.37. The Kier molecular flexibility index (Phi) is 9.53. The van der Waals surface area contributed by atoms with E-state index in [1.165, 1.54) is 11.3 Å². The first-order valence-electron chi connectivity index (χ1n) is 15.6. The summed E-state index contributed by atoms with van der Waals surface area (Å²) in [5.74, 6) is 1.15. The Bertz CT molecular complexity index is 2010. The van der Waals surface area contributed by atoms with Crippen molar-refractivity contribution in [2.24, 2.45) is 4.99 Å². The molecule has 2 aliphatic rings. The van der Waals surface area contributed by atoms with Crippen molar-refractivity contribution in [2.45, 2.75) is 32.7 Å². The second kappa shape index (κ2) is 14.1. The second-order valence-electron chi connectivity index (χ2n) is 11.2. The third-order valence-corrected chi connectivity index (χ3v) is 9.07. The number of nitrogens with zero attached hydrogens (tertiary/aromatic N) is 3. The molecule has 47 heavy (non-hydrogen) atoms. The summed E-state index contributed by atoms with van der Waals surface area (Å²) in [6, 6.07) is 21.2. The van der Waals surface area contributed by atoms with E-state index in [9.17, 15) is 14.4 Å². The number of para-hydroxylation sites is 1. The molecule has 6 rings (SSSR count). The number of nitrogens with one attached hydrogen (secondary N) is 1. The average molecular weight is 653 g/mol. The molecule has 0 saturated carbocycles. The number of amides is 2. The monoisotopic (exact) mass is 652 g/mol. The van der Waals surface area contributed by atoms with Crippen molar-refractivity contribution in [2.75, 3.05) is 38.7 Å². The number of anilines is 1. The minimum atomic E-state index is -0.741. The van der Waals surface area contributed by atoms with Crippen LogP contribution in [0.15, 0.2) is 93.9 Å². The van der Waals surface area contributed by atoms with Gasteiger partial charge in [-0.1, -0.05) is 47.7 Å². The minimum absolute atomic E-state index is 0.0483. The number of fused-ring (bicyclic) bond motifs is 1. The van der Waals surface area contributed by atoms with Gasteiger partial charge in [0.1, 0.15) is 5.75 Å². The van der Waals surface area contributed by atoms with E-state index in [1.54, 1.807) is 36.8 Å². The van der Waals surface area contributed by atoms with Crippen LogP contribution in [0, 0.1) is 0 Å². The van der Waals surface area contributed by atoms with Crippen LogP contribution in [0.5, 0.6) is 17.2 Å². The van der Waals surface area contributed by atoms with Crippen LogP contribution in [0.2, 0.25) is 0 Å². The molecular weight excluding hydrogens is 616 g/mol. The van der Waals surface area contributed by atoms with Crippen molar-refractivity contribution < 1.29 is 23.8 Å². The molecule has 1 saturated heterocycles. The van der Waals surface area contributed by atoms with Crippen LogP contribution < -0.4 is 34.4 Å². The van der Waals surface area contributed by atoms with Crippen LogP contribution in [-0.2, 0) is 9.59 Å². The number of carbonyl (C=O) groups excluding carboxylic acids is 2. The van der Waals surface area contributed by atoms with E-state index < -0.39 is 6.04 Å². The van der Waals surface area contributed by atoms with E-state index in [1.807, 2.05) is 72.5 Å². The first-order chi connectivity index (χ1) is 22.9. The predicted octanol–water partition coefficient (Wildman–Crippen LogP) is 4.28. The van der Waals surface area contributed by atoms with Crippen LogP contribution in [0.4, 0.5) is 5.69 Å². The molecule has 0 radical (unpaired) electrons. The fourth-order valence-electron chi connectivity index (χ4n) is 5.81. The number of hydrogen-bond acceptors (Lipinski definition) is 8. The molecule has 3 heterocycles. The largest absolute Gasteiger partial charge is 0.497 e. The lowest BCUT2D eigenvalue weighted by Gasteiger charge is -2.25. The molecule has 2 amide bonds. The van der Waals surface area contributed by atoms with Gasteiger partial charge < -0.3 is 24.4 Å². The highest BCUT2D eigenvalue weighted by atomic mass is 32.1. The molecule has 1 aromatic heterocycles. The Labute approximate surface area is 276 Å². The van der Waals surface area contributed by atoms with Gasteiger partial charge in [0.15, 0.2) is 22.9 Å². The van der Waals surface area contributed by atoms with E-state index >= 15 is 0 Å². The summed E-state index contributed by atoms with van der Waals surface area (Å²) in [6.45, 7) is 5.50. The van der Waals surface area contributed by atoms with Crippen molar-refractivity contribution in [3.05, 3.63) is 115 Å². The predicted molar refractivity (Wildman–Crippen MR) is 181 cm³/mol. The van der Waals surface area contributed by atoms with E-state index in [-0.39, 0.29) is 24.0 Å². The summed E-state index contributed by atoms with van der Waals surface area (Å²) in [7, 11) is 1.58. The molecule has 1 fully saturated rings. The zero-order valence-corrected chi connectivity index (χ0v) is 27.3. The molecule has 0 unspecified atom stereocenters. The number of aromatic nitrogens is 1. The maximum atomic E-state index is 14.2. The van der Waals surface area contributed by atoms with Crippen molar-refractivity contribution >= 4 is 34.9 Å². The Morgan fingerprint density at radius 1 is 1.00 bits per heavy atom. The highest BCUT2D eigenvalue weighted by molar-refractivity contribution is 7.07. The number of benzene rings is 3. The number of likely N-dealkylation sites (tertiary alicyclic amines) is 1. The summed E-state index contributed by atoms with van der Waals surface area (Å²) in [5, 5.41) is 2.97. The lowest BCUT2D eigenvalue weighted by atomic mass is 9.95. The first kappa shape index (κ1) is 31.8. The molecule has 0 aliphatic carbocycles.